The number of nitrogens with one attached hydrogen (secondary N) is 1. The number of pyridine rings is 1. The average molecular weight is 469 g/mol. The first-order valence-corrected chi connectivity index (χ1v) is 11.1. The SMILES string of the molecule is COc1c(C)cc(C)cc1/C(O)=C1\C(=O)C(=O)N(c2nc3ccc(C)cc3[nH]2)C1c1ccccn1. The molecule has 1 unspecified atom stereocenters. The number of carbonyl (C=O) groups excluding carboxylic acids is 2. The van der Waals surface area contributed by atoms with Gasteiger partial charge in [0.15, 0.2) is 0 Å². The number of carbonyl (C=O) groups is 2. The largest absolute Gasteiger partial charge is 0.507 e. The molecule has 1 atom stereocenters. The molecule has 1 amide bonds. The van der Waals surface area contributed by atoms with E-state index in [1.807, 2.05) is 45.0 Å². The van der Waals surface area contributed by atoms with Crippen LogP contribution >= 0.6 is 0 Å². The Hall–Kier alpha value is -4.46. The van der Waals surface area contributed by atoms with Crippen LogP contribution < -0.4 is 9.64 Å². The van der Waals surface area contributed by atoms with Crippen LogP contribution in [0.1, 0.15) is 34.0 Å². The van der Waals surface area contributed by atoms with Crippen molar-refractivity contribution in [3.05, 3.63) is 88.2 Å². The molecule has 1 fully saturated rings. The van der Waals surface area contributed by atoms with Crippen molar-refractivity contribution in [1.82, 2.24) is 15.0 Å². The van der Waals surface area contributed by atoms with Gasteiger partial charge in [-0.25, -0.2) is 4.98 Å². The van der Waals surface area contributed by atoms with Crippen LogP contribution in [0, 0.1) is 20.8 Å². The molecule has 0 saturated carbocycles. The molecule has 4 aromatic rings. The number of aliphatic hydroxyl groups excluding tert-OH is 1. The van der Waals surface area contributed by atoms with Gasteiger partial charge in [0.2, 0.25) is 5.95 Å². The second-order valence-corrected chi connectivity index (χ2v) is 8.67. The number of nitrogens with zero attached hydrogens (tertiary/aromatic N) is 3. The lowest BCUT2D eigenvalue weighted by Crippen LogP contribution is -2.30. The third-order valence-electron chi connectivity index (χ3n) is 6.14. The Kier molecular flexibility index (Phi) is 5.36. The van der Waals surface area contributed by atoms with E-state index >= 15 is 0 Å². The van der Waals surface area contributed by atoms with Crippen LogP contribution in [0.5, 0.6) is 5.75 Å². The summed E-state index contributed by atoms with van der Waals surface area (Å²) < 4.78 is 5.54. The van der Waals surface area contributed by atoms with Crippen molar-refractivity contribution in [3.63, 3.8) is 0 Å². The number of hydrogen-bond acceptors (Lipinski definition) is 6. The van der Waals surface area contributed by atoms with E-state index in [9.17, 15) is 14.7 Å². The Morgan fingerprint density at radius 1 is 1.06 bits per heavy atom. The fourth-order valence-corrected chi connectivity index (χ4v) is 4.64. The Balaban J connectivity index is 1.77. The quantitative estimate of drug-likeness (QED) is 0.259. The van der Waals surface area contributed by atoms with Gasteiger partial charge in [0, 0.05) is 6.20 Å². The number of ketones is 1. The topological polar surface area (TPSA) is 108 Å². The molecule has 0 aliphatic carbocycles. The minimum absolute atomic E-state index is 0.0753. The van der Waals surface area contributed by atoms with E-state index in [1.165, 1.54) is 12.0 Å². The number of H-pyrrole nitrogens is 1. The molecule has 5 rings (SSSR count). The maximum atomic E-state index is 13.4. The standard InChI is InChI=1S/C27H24N4O4/c1-14-8-9-18-20(13-14)30-27(29-18)31-22(19-7-5-6-10-28-19)21(24(33)26(31)34)23(32)17-12-15(2)11-16(3)25(17)35-4/h5-13,22,32H,1-4H3,(H,29,30)/b23-21+. The zero-order valence-corrected chi connectivity index (χ0v) is 19.8. The van der Waals surface area contributed by atoms with E-state index < -0.39 is 17.7 Å². The molecule has 176 valence electrons. The molecule has 0 spiro atoms. The number of methoxy groups -OCH3 is 1. The fourth-order valence-electron chi connectivity index (χ4n) is 4.64. The van der Waals surface area contributed by atoms with Crippen molar-refractivity contribution in [3.8, 4) is 5.75 Å². The van der Waals surface area contributed by atoms with Gasteiger partial charge < -0.3 is 14.8 Å². The molecule has 0 radical (unpaired) electrons. The summed E-state index contributed by atoms with van der Waals surface area (Å²) in [5.74, 6) is -1.32. The lowest BCUT2D eigenvalue weighted by Gasteiger charge is -2.22. The fraction of sp³-hybridized carbons (Fsp3) is 0.185. The minimum Gasteiger partial charge on any atom is -0.507 e. The maximum Gasteiger partial charge on any atom is 0.302 e. The van der Waals surface area contributed by atoms with Crippen LogP contribution in [0.2, 0.25) is 0 Å². The van der Waals surface area contributed by atoms with Crippen molar-refractivity contribution >= 4 is 34.4 Å². The van der Waals surface area contributed by atoms with Crippen molar-refractivity contribution in [2.45, 2.75) is 26.8 Å². The van der Waals surface area contributed by atoms with Gasteiger partial charge in [-0.3, -0.25) is 19.5 Å². The number of Topliss-reactive ketones (excluding diaryl/α,β-unsaturated/α-hetero) is 1. The molecule has 1 aliphatic heterocycles. The van der Waals surface area contributed by atoms with Crippen LogP contribution in [0.4, 0.5) is 5.95 Å². The first-order chi connectivity index (χ1) is 16.8. The van der Waals surface area contributed by atoms with Gasteiger partial charge in [0.25, 0.3) is 5.78 Å². The van der Waals surface area contributed by atoms with E-state index in [0.29, 0.717) is 22.5 Å². The smallest absolute Gasteiger partial charge is 0.302 e. The van der Waals surface area contributed by atoms with E-state index in [-0.39, 0.29) is 17.3 Å². The number of amides is 1. The summed E-state index contributed by atoms with van der Waals surface area (Å²) in [6, 6.07) is 13.6. The van der Waals surface area contributed by atoms with Gasteiger partial charge in [-0.2, -0.15) is 0 Å². The number of imidazole rings is 1. The van der Waals surface area contributed by atoms with Gasteiger partial charge in [-0.15, -0.1) is 0 Å². The number of aryl methyl sites for hydroxylation is 3. The van der Waals surface area contributed by atoms with Gasteiger partial charge in [-0.1, -0.05) is 18.2 Å². The summed E-state index contributed by atoms with van der Waals surface area (Å²) >= 11 is 0. The molecule has 3 heterocycles. The van der Waals surface area contributed by atoms with Crippen LogP contribution in [-0.4, -0.2) is 38.9 Å². The average Bonchev–Trinajstić information content (AvgIpc) is 3.36. The molecule has 2 aromatic heterocycles. The molecule has 8 heteroatoms. The summed E-state index contributed by atoms with van der Waals surface area (Å²) in [4.78, 5) is 40.2. The Morgan fingerprint density at radius 3 is 2.57 bits per heavy atom. The first-order valence-electron chi connectivity index (χ1n) is 11.1. The number of benzene rings is 2. The zero-order chi connectivity index (χ0) is 24.9. The summed E-state index contributed by atoms with van der Waals surface area (Å²) in [5.41, 5.74) is 4.77. The van der Waals surface area contributed by atoms with Crippen molar-refractivity contribution in [1.29, 1.82) is 0 Å². The molecule has 35 heavy (non-hydrogen) atoms. The number of ether oxygens (including phenoxy) is 1. The van der Waals surface area contributed by atoms with Gasteiger partial charge >= 0.3 is 5.91 Å². The number of rotatable bonds is 4. The molecule has 2 aromatic carbocycles. The van der Waals surface area contributed by atoms with Crippen LogP contribution in [0.25, 0.3) is 16.8 Å². The molecular formula is C27H24N4O4. The molecule has 8 nitrogen and oxygen atoms in total. The lowest BCUT2D eigenvalue weighted by molar-refractivity contribution is -0.132. The van der Waals surface area contributed by atoms with Crippen molar-refractivity contribution in [2.24, 2.45) is 0 Å². The normalized spacial score (nSPS) is 17.4. The van der Waals surface area contributed by atoms with Gasteiger partial charge in [0.05, 0.1) is 35.0 Å². The maximum absolute atomic E-state index is 13.4. The van der Waals surface area contributed by atoms with Crippen LogP contribution in [-0.2, 0) is 9.59 Å². The predicted octanol–water partition coefficient (Wildman–Crippen LogP) is 4.52. The van der Waals surface area contributed by atoms with Crippen molar-refractivity contribution in [2.75, 3.05) is 12.0 Å². The van der Waals surface area contributed by atoms with E-state index in [0.717, 1.165) is 22.2 Å². The van der Waals surface area contributed by atoms with Crippen LogP contribution in [0.15, 0.2) is 60.3 Å². The number of aromatic amines is 1. The summed E-state index contributed by atoms with van der Waals surface area (Å²) in [6.45, 7) is 5.69. The van der Waals surface area contributed by atoms with Gasteiger partial charge in [0.1, 0.15) is 17.6 Å². The Morgan fingerprint density at radius 2 is 1.86 bits per heavy atom. The predicted molar refractivity (Wildman–Crippen MR) is 132 cm³/mol. The minimum atomic E-state index is -0.983. The third-order valence-corrected chi connectivity index (χ3v) is 6.14. The summed E-state index contributed by atoms with van der Waals surface area (Å²) in [7, 11) is 1.50. The summed E-state index contributed by atoms with van der Waals surface area (Å²) in [6.07, 6.45) is 1.58. The number of fused-ring (bicyclic) bond motifs is 1. The van der Waals surface area contributed by atoms with Crippen molar-refractivity contribution < 1.29 is 19.4 Å². The highest BCUT2D eigenvalue weighted by molar-refractivity contribution is 6.51. The molecule has 1 aliphatic rings. The highest BCUT2D eigenvalue weighted by Crippen LogP contribution is 2.43. The Bertz CT molecular complexity index is 1520. The molecule has 2 N–H and O–H groups in total. The number of anilines is 1. The highest BCUT2D eigenvalue weighted by Gasteiger charge is 2.49. The third kappa shape index (κ3) is 3.63. The molecule has 0 bridgehead atoms. The van der Waals surface area contributed by atoms with E-state index in [4.69, 9.17) is 4.74 Å². The summed E-state index contributed by atoms with van der Waals surface area (Å²) in [5, 5.41) is 11.5. The van der Waals surface area contributed by atoms with Crippen LogP contribution in [0.3, 0.4) is 0 Å². The lowest BCUT2D eigenvalue weighted by atomic mass is 9.96. The first kappa shape index (κ1) is 22.3. The Labute approximate surface area is 201 Å². The monoisotopic (exact) mass is 468 g/mol. The van der Waals surface area contributed by atoms with E-state index in [1.54, 1.807) is 30.5 Å². The van der Waals surface area contributed by atoms with Gasteiger partial charge in [-0.05, 0) is 67.8 Å². The second-order valence-electron chi connectivity index (χ2n) is 8.67. The van der Waals surface area contributed by atoms with E-state index in [2.05, 4.69) is 15.0 Å². The second kappa shape index (κ2) is 8.39. The molecular weight excluding hydrogens is 444 g/mol. The number of hydrogen-bond donors (Lipinski definition) is 2. The zero-order valence-electron chi connectivity index (χ0n) is 19.8. The highest BCUT2D eigenvalue weighted by atomic mass is 16.5. The number of aliphatic hydroxyl groups is 1. The number of aromatic nitrogens is 3. The molecule has 1 saturated heterocycles.